The summed E-state index contributed by atoms with van der Waals surface area (Å²) in [6.45, 7) is 4.26. The number of fused-ring (bicyclic) bond motifs is 2. The van der Waals surface area contributed by atoms with Gasteiger partial charge in [0.1, 0.15) is 5.75 Å². The first kappa shape index (κ1) is 23.9. The van der Waals surface area contributed by atoms with Crippen LogP contribution in [-0.2, 0) is 10.2 Å². The first-order valence-corrected chi connectivity index (χ1v) is 12.7. The van der Waals surface area contributed by atoms with Crippen LogP contribution >= 0.6 is 11.8 Å². The van der Waals surface area contributed by atoms with E-state index in [2.05, 4.69) is 30.9 Å². The number of allylic oxidation sites excluding steroid dienone is 2. The van der Waals surface area contributed by atoms with Crippen molar-refractivity contribution in [3.05, 3.63) is 100 Å². The van der Waals surface area contributed by atoms with Gasteiger partial charge in [0.05, 0.1) is 29.5 Å². The van der Waals surface area contributed by atoms with Gasteiger partial charge in [0, 0.05) is 36.0 Å². The van der Waals surface area contributed by atoms with Crippen molar-refractivity contribution in [2.75, 3.05) is 24.8 Å². The minimum absolute atomic E-state index is 0.0395. The first-order chi connectivity index (χ1) is 17.3. The van der Waals surface area contributed by atoms with Crippen molar-refractivity contribution in [1.29, 1.82) is 0 Å². The van der Waals surface area contributed by atoms with Crippen molar-refractivity contribution < 1.29 is 9.53 Å². The van der Waals surface area contributed by atoms with E-state index in [1.54, 1.807) is 29.9 Å². The van der Waals surface area contributed by atoms with Gasteiger partial charge in [-0.3, -0.25) is 14.2 Å². The van der Waals surface area contributed by atoms with Crippen LogP contribution in [-0.4, -0.2) is 35.2 Å². The van der Waals surface area contributed by atoms with Crippen molar-refractivity contribution in [2.45, 2.75) is 24.4 Å². The largest absolute Gasteiger partial charge is 0.497 e. The van der Waals surface area contributed by atoms with Gasteiger partial charge in [-0.15, -0.1) is 0 Å². The first-order valence-electron chi connectivity index (χ1n) is 11.7. The summed E-state index contributed by atoms with van der Waals surface area (Å²) in [5, 5.41) is 0.978. The predicted molar refractivity (Wildman–Crippen MR) is 146 cm³/mol. The highest BCUT2D eigenvalue weighted by Gasteiger charge is 2.38. The normalized spacial score (nSPS) is 15.3. The molecular formula is C29H27N3O3S. The number of hydrogen-bond acceptors (Lipinski definition) is 6. The van der Waals surface area contributed by atoms with E-state index in [-0.39, 0.29) is 22.5 Å². The van der Waals surface area contributed by atoms with Crippen LogP contribution in [0.4, 0.5) is 5.69 Å². The molecular weight excluding hydrogens is 470 g/mol. The molecule has 0 saturated heterocycles. The number of carbonyl (C=O) groups excluding carboxylic acids is 1. The lowest BCUT2D eigenvalue weighted by molar-refractivity contribution is -0.112. The molecule has 6 nitrogen and oxygen atoms in total. The molecule has 182 valence electrons. The van der Waals surface area contributed by atoms with Crippen molar-refractivity contribution in [2.24, 2.45) is 0 Å². The summed E-state index contributed by atoms with van der Waals surface area (Å²) in [5.41, 5.74) is 4.02. The van der Waals surface area contributed by atoms with Crippen LogP contribution in [0.3, 0.4) is 0 Å². The number of ketones is 1. The summed E-state index contributed by atoms with van der Waals surface area (Å²) < 4.78 is 6.92. The summed E-state index contributed by atoms with van der Waals surface area (Å²) in [7, 11) is 3.58. The zero-order chi connectivity index (χ0) is 25.4. The smallest absolute Gasteiger partial charge is 0.266 e. The standard InChI is InChI=1S/C29H27N3O3S/c1-29(2)23-13-6-8-15-25(23)31(3)26(29)17-20(33)18-36-28-30-24-14-7-5-12-22(24)27(34)32(28)19-10-9-11-21(16-19)35-4/h5-17H,18H2,1-4H3. The molecule has 0 saturated carbocycles. The fourth-order valence-electron chi connectivity index (χ4n) is 4.78. The Balaban J connectivity index is 1.50. The van der Waals surface area contributed by atoms with Crippen LogP contribution in [0.15, 0.2) is 94.5 Å². The SMILES string of the molecule is COc1cccc(-n2c(SCC(=O)C=C3N(C)c4ccccc4C3(C)C)nc3ccccc3c2=O)c1. The molecule has 0 fully saturated rings. The molecule has 36 heavy (non-hydrogen) atoms. The number of hydrogen-bond donors (Lipinski definition) is 0. The molecule has 0 bridgehead atoms. The third-order valence-electron chi connectivity index (χ3n) is 6.64. The highest BCUT2D eigenvalue weighted by atomic mass is 32.2. The van der Waals surface area contributed by atoms with Gasteiger partial charge in [-0.1, -0.05) is 62.0 Å². The Kier molecular flexibility index (Phi) is 6.18. The quantitative estimate of drug-likeness (QED) is 0.203. The van der Waals surface area contributed by atoms with Gasteiger partial charge in [0.15, 0.2) is 10.9 Å². The lowest BCUT2D eigenvalue weighted by Gasteiger charge is -2.24. The fraction of sp³-hybridized carbons (Fsp3) is 0.207. The maximum absolute atomic E-state index is 13.5. The van der Waals surface area contributed by atoms with E-state index in [1.807, 2.05) is 55.6 Å². The lowest BCUT2D eigenvalue weighted by Crippen LogP contribution is -2.24. The summed E-state index contributed by atoms with van der Waals surface area (Å²) in [4.78, 5) is 33.5. The zero-order valence-electron chi connectivity index (χ0n) is 20.7. The van der Waals surface area contributed by atoms with E-state index < -0.39 is 0 Å². The van der Waals surface area contributed by atoms with Gasteiger partial charge in [0.25, 0.3) is 5.56 Å². The summed E-state index contributed by atoms with van der Waals surface area (Å²) in [5.74, 6) is 0.746. The predicted octanol–water partition coefficient (Wildman–Crippen LogP) is 5.37. The zero-order valence-corrected chi connectivity index (χ0v) is 21.5. The van der Waals surface area contributed by atoms with Gasteiger partial charge >= 0.3 is 0 Å². The average molecular weight is 498 g/mol. The van der Waals surface area contributed by atoms with Crippen LogP contribution in [0.2, 0.25) is 0 Å². The maximum atomic E-state index is 13.5. The molecule has 3 aromatic carbocycles. The summed E-state index contributed by atoms with van der Waals surface area (Å²) >= 11 is 1.26. The number of benzene rings is 3. The molecule has 0 aliphatic carbocycles. The second-order valence-electron chi connectivity index (χ2n) is 9.24. The molecule has 0 spiro atoms. The monoisotopic (exact) mass is 497 g/mol. The van der Waals surface area contributed by atoms with Gasteiger partial charge in [-0.2, -0.15) is 0 Å². The molecule has 7 heteroatoms. The molecule has 0 radical (unpaired) electrons. The highest BCUT2D eigenvalue weighted by molar-refractivity contribution is 7.99. The van der Waals surface area contributed by atoms with Gasteiger partial charge in [-0.25, -0.2) is 4.98 Å². The number of anilines is 1. The number of rotatable bonds is 6. The molecule has 0 N–H and O–H groups in total. The number of thioether (sulfide) groups is 1. The highest BCUT2D eigenvalue weighted by Crippen LogP contribution is 2.46. The average Bonchev–Trinajstić information content (AvgIpc) is 3.08. The maximum Gasteiger partial charge on any atom is 0.266 e. The van der Waals surface area contributed by atoms with Gasteiger partial charge in [0.2, 0.25) is 0 Å². The van der Waals surface area contributed by atoms with Crippen LogP contribution in [0.1, 0.15) is 19.4 Å². The van der Waals surface area contributed by atoms with E-state index in [0.29, 0.717) is 27.5 Å². The Morgan fingerprint density at radius 3 is 2.58 bits per heavy atom. The number of methoxy groups -OCH3 is 1. The van der Waals surface area contributed by atoms with Crippen LogP contribution in [0.5, 0.6) is 5.75 Å². The van der Waals surface area contributed by atoms with Crippen molar-refractivity contribution in [3.8, 4) is 11.4 Å². The summed E-state index contributed by atoms with van der Waals surface area (Å²) in [6.07, 6.45) is 1.72. The van der Waals surface area contributed by atoms with E-state index >= 15 is 0 Å². The third-order valence-corrected chi connectivity index (χ3v) is 7.60. The van der Waals surface area contributed by atoms with E-state index in [4.69, 9.17) is 9.72 Å². The minimum atomic E-state index is -0.282. The third kappa shape index (κ3) is 4.09. The fourth-order valence-corrected chi connectivity index (χ4v) is 5.61. The van der Waals surface area contributed by atoms with E-state index in [9.17, 15) is 9.59 Å². The molecule has 1 aliphatic heterocycles. The van der Waals surface area contributed by atoms with Crippen molar-refractivity contribution in [1.82, 2.24) is 9.55 Å². The molecule has 4 aromatic rings. The second kappa shape index (κ2) is 9.32. The number of nitrogens with zero attached hydrogens (tertiary/aromatic N) is 3. The topological polar surface area (TPSA) is 64.4 Å². The van der Waals surface area contributed by atoms with Gasteiger partial charge < -0.3 is 9.64 Å². The molecule has 5 rings (SSSR count). The Labute approximate surface area is 214 Å². The van der Waals surface area contributed by atoms with Crippen LogP contribution in [0.25, 0.3) is 16.6 Å². The van der Waals surface area contributed by atoms with Crippen LogP contribution < -0.4 is 15.2 Å². The van der Waals surface area contributed by atoms with Gasteiger partial charge in [-0.05, 0) is 35.9 Å². The second-order valence-corrected chi connectivity index (χ2v) is 10.2. The summed E-state index contributed by atoms with van der Waals surface area (Å²) in [6, 6.07) is 22.7. The molecule has 0 unspecified atom stereocenters. The van der Waals surface area contributed by atoms with E-state index in [0.717, 1.165) is 11.4 Å². The Hall–Kier alpha value is -3.84. The molecule has 1 aromatic heterocycles. The van der Waals surface area contributed by atoms with Crippen molar-refractivity contribution >= 4 is 34.1 Å². The molecule has 2 heterocycles. The molecule has 0 atom stereocenters. The number of para-hydroxylation sites is 2. The Morgan fingerprint density at radius 1 is 1.06 bits per heavy atom. The minimum Gasteiger partial charge on any atom is -0.497 e. The Morgan fingerprint density at radius 2 is 1.81 bits per heavy atom. The molecule has 1 aliphatic rings. The van der Waals surface area contributed by atoms with Crippen molar-refractivity contribution in [3.63, 3.8) is 0 Å². The number of likely N-dealkylation sites (N-methyl/N-ethyl adjacent to an activating group) is 1. The number of ether oxygens (including phenoxy) is 1. The number of aromatic nitrogens is 2. The number of carbonyl (C=O) groups is 1. The Bertz CT molecular complexity index is 1570. The van der Waals surface area contributed by atoms with E-state index in [1.165, 1.54) is 17.3 Å². The molecule has 0 amide bonds. The lowest BCUT2D eigenvalue weighted by atomic mass is 9.83. The van der Waals surface area contributed by atoms with Crippen LogP contribution in [0, 0.1) is 0 Å².